The van der Waals surface area contributed by atoms with Crippen LogP contribution in [-0.4, -0.2) is 29.8 Å². The van der Waals surface area contributed by atoms with Gasteiger partial charge in [0.1, 0.15) is 6.10 Å². The maximum Gasteiger partial charge on any atom is 0.350 e. The summed E-state index contributed by atoms with van der Waals surface area (Å²) in [5.41, 5.74) is 0.822. The van der Waals surface area contributed by atoms with Crippen molar-refractivity contribution >= 4 is 23.6 Å². The number of ether oxygens (including phenoxy) is 3. The average Bonchev–Trinajstić information content (AvgIpc) is 3.06. The van der Waals surface area contributed by atoms with Crippen molar-refractivity contribution in [2.24, 2.45) is 0 Å². The second kappa shape index (κ2) is 7.19. The van der Waals surface area contributed by atoms with Crippen LogP contribution in [-0.2, 0) is 23.8 Å². The van der Waals surface area contributed by atoms with E-state index in [-0.39, 0.29) is 17.6 Å². The first-order chi connectivity index (χ1) is 12.3. The van der Waals surface area contributed by atoms with Crippen LogP contribution in [0.15, 0.2) is 36.0 Å². The number of nitrogens with one attached hydrogen (secondary N) is 1. The topological polar surface area (TPSA) is 90.9 Å². The number of anilines is 1. The van der Waals surface area contributed by atoms with Crippen molar-refractivity contribution in [3.63, 3.8) is 0 Å². The van der Waals surface area contributed by atoms with Crippen molar-refractivity contribution in [2.75, 3.05) is 5.32 Å². The van der Waals surface area contributed by atoms with E-state index in [1.807, 2.05) is 0 Å². The maximum absolute atomic E-state index is 12.1. The van der Waals surface area contributed by atoms with E-state index in [0.29, 0.717) is 11.3 Å². The molecule has 0 bridgehead atoms. The third-order valence-corrected chi connectivity index (χ3v) is 4.20. The van der Waals surface area contributed by atoms with Crippen LogP contribution < -0.4 is 5.32 Å². The van der Waals surface area contributed by atoms with Gasteiger partial charge in [-0.1, -0.05) is 0 Å². The highest BCUT2D eigenvalue weighted by Crippen LogP contribution is 2.24. The predicted molar refractivity (Wildman–Crippen MR) is 92.1 cm³/mol. The lowest BCUT2D eigenvalue weighted by Crippen LogP contribution is -2.42. The third-order valence-electron chi connectivity index (χ3n) is 4.20. The van der Waals surface area contributed by atoms with Crippen LogP contribution in [0.4, 0.5) is 5.69 Å². The van der Waals surface area contributed by atoms with E-state index in [4.69, 9.17) is 14.2 Å². The number of carbonyl (C=O) groups excluding carboxylic acids is 3. The minimum absolute atomic E-state index is 0.0117. The van der Waals surface area contributed by atoms with Gasteiger partial charge < -0.3 is 19.5 Å². The Morgan fingerprint density at radius 2 is 1.69 bits per heavy atom. The van der Waals surface area contributed by atoms with E-state index >= 15 is 0 Å². The molecule has 2 fully saturated rings. The molecule has 0 spiro atoms. The Morgan fingerprint density at radius 1 is 1.12 bits per heavy atom. The highest BCUT2D eigenvalue weighted by atomic mass is 16.7. The molecule has 3 rings (SSSR count). The molecule has 7 nitrogen and oxygen atoms in total. The van der Waals surface area contributed by atoms with Gasteiger partial charge >= 0.3 is 17.9 Å². The second-order valence-electron chi connectivity index (χ2n) is 6.77. The molecule has 0 atom stereocenters. The molecular formula is C19H21NO6. The highest BCUT2D eigenvalue weighted by Gasteiger charge is 2.38. The maximum atomic E-state index is 12.1. The van der Waals surface area contributed by atoms with Gasteiger partial charge in [0.25, 0.3) is 5.79 Å². The summed E-state index contributed by atoms with van der Waals surface area (Å²) in [7, 11) is 0. The normalized spacial score (nSPS) is 19.5. The van der Waals surface area contributed by atoms with Gasteiger partial charge in [0.05, 0.1) is 5.56 Å². The molecule has 0 unspecified atom stereocenters. The van der Waals surface area contributed by atoms with Gasteiger partial charge in [0.15, 0.2) is 5.57 Å². The standard InChI is InChI=1S/C19H21NO6/c1-19(2)25-17(22)15(18(23)26-19)11-20-13-9-7-12(8-10-13)16(21)24-14-5-3-4-6-14/h7-11,14,20H,3-6H2,1-2H3. The number of benzene rings is 1. The summed E-state index contributed by atoms with van der Waals surface area (Å²) in [5, 5.41) is 2.83. The van der Waals surface area contributed by atoms with Crippen molar-refractivity contribution < 1.29 is 28.6 Å². The van der Waals surface area contributed by atoms with Gasteiger partial charge in [-0.25, -0.2) is 14.4 Å². The molecule has 1 aliphatic heterocycles. The van der Waals surface area contributed by atoms with Crippen molar-refractivity contribution in [2.45, 2.75) is 51.4 Å². The fourth-order valence-corrected chi connectivity index (χ4v) is 2.86. The van der Waals surface area contributed by atoms with Gasteiger partial charge in [-0.3, -0.25) is 0 Å². The number of rotatable bonds is 4. The molecule has 1 saturated carbocycles. The molecule has 0 aromatic heterocycles. The Kier molecular flexibility index (Phi) is 4.97. The zero-order valence-corrected chi connectivity index (χ0v) is 14.7. The molecule has 0 radical (unpaired) electrons. The first-order valence-corrected chi connectivity index (χ1v) is 8.58. The lowest BCUT2D eigenvalue weighted by atomic mass is 10.2. The van der Waals surface area contributed by atoms with Gasteiger partial charge in [0.2, 0.25) is 0 Å². The SMILES string of the molecule is CC1(C)OC(=O)C(=CNc2ccc(C(=O)OC3CCCC3)cc2)C(=O)O1. The Hall–Kier alpha value is -2.83. The number of esters is 3. The summed E-state index contributed by atoms with van der Waals surface area (Å²) in [4.78, 5) is 35.8. The number of hydrogen-bond donors (Lipinski definition) is 1. The summed E-state index contributed by atoms with van der Waals surface area (Å²) < 4.78 is 15.5. The monoisotopic (exact) mass is 359 g/mol. The van der Waals surface area contributed by atoms with Crippen LogP contribution in [0.5, 0.6) is 0 Å². The van der Waals surface area contributed by atoms with Gasteiger partial charge in [-0.05, 0) is 49.9 Å². The molecule has 7 heteroatoms. The molecule has 1 N–H and O–H groups in total. The van der Waals surface area contributed by atoms with E-state index < -0.39 is 17.7 Å². The Labute approximate surface area is 151 Å². The van der Waals surface area contributed by atoms with Crippen LogP contribution in [0.1, 0.15) is 49.9 Å². The molecule has 138 valence electrons. The first kappa shape index (κ1) is 18.0. The van der Waals surface area contributed by atoms with E-state index in [2.05, 4.69) is 5.32 Å². The minimum Gasteiger partial charge on any atom is -0.459 e. The van der Waals surface area contributed by atoms with Gasteiger partial charge in [-0.2, -0.15) is 0 Å². The van der Waals surface area contributed by atoms with E-state index in [1.54, 1.807) is 24.3 Å². The molecule has 1 heterocycles. The second-order valence-corrected chi connectivity index (χ2v) is 6.77. The number of cyclic esters (lactones) is 2. The zero-order valence-electron chi connectivity index (χ0n) is 14.7. The molecule has 1 aromatic rings. The zero-order chi connectivity index (χ0) is 18.7. The van der Waals surface area contributed by atoms with Gasteiger partial charge in [-0.15, -0.1) is 0 Å². The van der Waals surface area contributed by atoms with Crippen LogP contribution in [0.3, 0.4) is 0 Å². The molecule has 1 saturated heterocycles. The third kappa shape index (κ3) is 4.22. The predicted octanol–water partition coefficient (Wildman–Crippen LogP) is 2.92. The fourth-order valence-electron chi connectivity index (χ4n) is 2.86. The van der Waals surface area contributed by atoms with E-state index in [9.17, 15) is 14.4 Å². The summed E-state index contributed by atoms with van der Waals surface area (Å²) in [6.45, 7) is 2.97. The average molecular weight is 359 g/mol. The summed E-state index contributed by atoms with van der Waals surface area (Å²) >= 11 is 0. The largest absolute Gasteiger partial charge is 0.459 e. The van der Waals surface area contributed by atoms with Crippen LogP contribution >= 0.6 is 0 Å². The van der Waals surface area contributed by atoms with Crippen molar-refractivity contribution in [3.05, 3.63) is 41.6 Å². The molecule has 0 amide bonds. The van der Waals surface area contributed by atoms with Gasteiger partial charge in [0, 0.05) is 25.7 Å². The summed E-state index contributed by atoms with van der Waals surface area (Å²) in [6, 6.07) is 6.56. The Morgan fingerprint density at radius 3 is 2.27 bits per heavy atom. The molecule has 2 aliphatic rings. The quantitative estimate of drug-likeness (QED) is 0.502. The molecule has 1 aliphatic carbocycles. The fraction of sp³-hybridized carbons (Fsp3) is 0.421. The number of carbonyl (C=O) groups is 3. The van der Waals surface area contributed by atoms with Crippen molar-refractivity contribution in [1.82, 2.24) is 0 Å². The minimum atomic E-state index is -1.27. The molecular weight excluding hydrogens is 338 g/mol. The number of hydrogen-bond acceptors (Lipinski definition) is 7. The Balaban J connectivity index is 1.61. The van der Waals surface area contributed by atoms with Crippen LogP contribution in [0, 0.1) is 0 Å². The lowest BCUT2D eigenvalue weighted by molar-refractivity contribution is -0.222. The summed E-state index contributed by atoms with van der Waals surface area (Å²) in [5.74, 6) is -3.12. The van der Waals surface area contributed by atoms with Crippen molar-refractivity contribution in [1.29, 1.82) is 0 Å². The summed E-state index contributed by atoms with van der Waals surface area (Å²) in [6.07, 6.45) is 5.27. The smallest absolute Gasteiger partial charge is 0.350 e. The van der Waals surface area contributed by atoms with E-state index in [0.717, 1.165) is 25.7 Å². The highest BCUT2D eigenvalue weighted by molar-refractivity contribution is 6.15. The van der Waals surface area contributed by atoms with Crippen molar-refractivity contribution in [3.8, 4) is 0 Å². The first-order valence-electron chi connectivity index (χ1n) is 8.58. The van der Waals surface area contributed by atoms with Crippen LogP contribution in [0.25, 0.3) is 0 Å². The van der Waals surface area contributed by atoms with Crippen LogP contribution in [0.2, 0.25) is 0 Å². The lowest BCUT2D eigenvalue weighted by Gasteiger charge is -2.29. The molecule has 26 heavy (non-hydrogen) atoms. The Bertz CT molecular complexity index is 722. The van der Waals surface area contributed by atoms with E-state index in [1.165, 1.54) is 20.0 Å². The molecule has 1 aromatic carbocycles.